The van der Waals surface area contributed by atoms with Crippen LogP contribution >= 0.6 is 0 Å². The molecule has 0 radical (unpaired) electrons. The van der Waals surface area contributed by atoms with Crippen molar-refractivity contribution in [1.29, 1.82) is 0 Å². The van der Waals surface area contributed by atoms with E-state index in [2.05, 4.69) is 0 Å². The van der Waals surface area contributed by atoms with Crippen molar-refractivity contribution in [2.45, 2.75) is 31.1 Å². The van der Waals surface area contributed by atoms with Crippen LogP contribution < -0.4 is 0 Å². The van der Waals surface area contributed by atoms with E-state index in [0.29, 0.717) is 25.0 Å². The number of esters is 1. The van der Waals surface area contributed by atoms with Gasteiger partial charge in [-0.25, -0.2) is 0 Å². The number of ether oxygens (including phenoxy) is 1. The smallest absolute Gasteiger partial charge is 0.318 e. The third-order valence-corrected chi connectivity index (χ3v) is 4.81. The van der Waals surface area contributed by atoms with Gasteiger partial charge in [0.1, 0.15) is 5.41 Å². The highest BCUT2D eigenvalue weighted by Crippen LogP contribution is 2.47. The summed E-state index contributed by atoms with van der Waals surface area (Å²) in [4.78, 5) is 24.6. The average Bonchev–Trinajstić information content (AvgIpc) is 2.61. The number of hydrogen-bond donors (Lipinski definition) is 1. The molecule has 24 heavy (non-hydrogen) atoms. The van der Waals surface area contributed by atoms with Crippen LogP contribution in [0.15, 0.2) is 54.6 Å². The molecular weight excluding hydrogens is 304 g/mol. The van der Waals surface area contributed by atoms with E-state index >= 15 is 0 Å². The Morgan fingerprint density at radius 1 is 1.12 bits per heavy atom. The molecule has 0 aliphatic heterocycles. The lowest BCUT2D eigenvalue weighted by molar-refractivity contribution is -0.148. The lowest BCUT2D eigenvalue weighted by atomic mass is 9.63. The SMILES string of the molecule is CCOC(=O)C1CCC(C(=O)O)(c2ccccc2)c2ccccc21. The highest BCUT2D eigenvalue weighted by atomic mass is 16.5. The molecule has 0 aromatic heterocycles. The van der Waals surface area contributed by atoms with Crippen LogP contribution in [-0.2, 0) is 19.7 Å². The molecule has 3 rings (SSSR count). The molecule has 1 aliphatic rings. The van der Waals surface area contributed by atoms with Crippen LogP contribution in [0.25, 0.3) is 0 Å². The summed E-state index contributed by atoms with van der Waals surface area (Å²) in [7, 11) is 0. The lowest BCUT2D eigenvalue weighted by Gasteiger charge is -2.38. The Bertz CT molecular complexity index is 753. The van der Waals surface area contributed by atoms with Crippen molar-refractivity contribution >= 4 is 11.9 Å². The van der Waals surface area contributed by atoms with Gasteiger partial charge in [0.15, 0.2) is 0 Å². The van der Waals surface area contributed by atoms with E-state index in [9.17, 15) is 14.7 Å². The molecule has 0 amide bonds. The predicted octanol–water partition coefficient (Wildman–Crippen LogP) is 3.50. The fourth-order valence-electron chi connectivity index (χ4n) is 3.70. The first-order valence-electron chi connectivity index (χ1n) is 8.16. The zero-order valence-corrected chi connectivity index (χ0v) is 13.6. The molecule has 0 heterocycles. The fourth-order valence-corrected chi connectivity index (χ4v) is 3.70. The highest BCUT2D eigenvalue weighted by molar-refractivity contribution is 5.89. The maximum absolute atomic E-state index is 12.3. The summed E-state index contributed by atoms with van der Waals surface area (Å²) < 4.78 is 5.19. The van der Waals surface area contributed by atoms with Crippen molar-refractivity contribution in [1.82, 2.24) is 0 Å². The molecule has 0 bridgehead atoms. The molecule has 2 aromatic carbocycles. The number of aliphatic carboxylic acids is 1. The van der Waals surface area contributed by atoms with Gasteiger partial charge in [-0.15, -0.1) is 0 Å². The number of benzene rings is 2. The Morgan fingerprint density at radius 2 is 1.79 bits per heavy atom. The Morgan fingerprint density at radius 3 is 2.46 bits per heavy atom. The normalized spacial score (nSPS) is 22.5. The molecule has 4 heteroatoms. The van der Waals surface area contributed by atoms with Gasteiger partial charge in [0.25, 0.3) is 0 Å². The van der Waals surface area contributed by atoms with E-state index in [4.69, 9.17) is 4.74 Å². The molecule has 1 N–H and O–H groups in total. The summed E-state index contributed by atoms with van der Waals surface area (Å²) in [6.45, 7) is 2.10. The Hall–Kier alpha value is -2.62. The molecule has 1 aliphatic carbocycles. The van der Waals surface area contributed by atoms with Crippen molar-refractivity contribution in [3.63, 3.8) is 0 Å². The molecular formula is C20H20O4. The first kappa shape index (κ1) is 16.2. The molecule has 124 valence electrons. The molecule has 0 spiro atoms. The van der Waals surface area contributed by atoms with Crippen molar-refractivity contribution < 1.29 is 19.4 Å². The minimum atomic E-state index is -1.12. The third kappa shape index (κ3) is 2.48. The van der Waals surface area contributed by atoms with Gasteiger partial charge in [-0.2, -0.15) is 0 Å². The van der Waals surface area contributed by atoms with Crippen molar-refractivity contribution in [3.05, 3.63) is 71.3 Å². The first-order chi connectivity index (χ1) is 11.6. The largest absolute Gasteiger partial charge is 0.480 e. The summed E-state index contributed by atoms with van der Waals surface area (Å²) in [5.41, 5.74) is 1.06. The molecule has 0 saturated heterocycles. The highest BCUT2D eigenvalue weighted by Gasteiger charge is 2.48. The molecule has 2 aromatic rings. The van der Waals surface area contributed by atoms with Crippen LogP contribution in [0.2, 0.25) is 0 Å². The van der Waals surface area contributed by atoms with Crippen LogP contribution in [0, 0.1) is 0 Å². The monoisotopic (exact) mass is 324 g/mol. The van der Waals surface area contributed by atoms with Gasteiger partial charge in [0.05, 0.1) is 12.5 Å². The minimum absolute atomic E-state index is 0.281. The number of carbonyl (C=O) groups excluding carboxylic acids is 1. The number of carboxylic acids is 1. The van der Waals surface area contributed by atoms with Crippen LogP contribution in [0.3, 0.4) is 0 Å². The van der Waals surface area contributed by atoms with Gasteiger partial charge in [-0.05, 0) is 36.5 Å². The van der Waals surface area contributed by atoms with Gasteiger partial charge in [-0.1, -0.05) is 54.6 Å². The summed E-state index contributed by atoms with van der Waals surface area (Å²) >= 11 is 0. The summed E-state index contributed by atoms with van der Waals surface area (Å²) in [5.74, 6) is -1.57. The number of fused-ring (bicyclic) bond motifs is 1. The third-order valence-electron chi connectivity index (χ3n) is 4.81. The van der Waals surface area contributed by atoms with E-state index in [-0.39, 0.29) is 5.97 Å². The number of carboxylic acid groups (broad SMARTS) is 1. The van der Waals surface area contributed by atoms with E-state index in [0.717, 1.165) is 11.1 Å². The van der Waals surface area contributed by atoms with Crippen molar-refractivity contribution in [2.24, 2.45) is 0 Å². The Balaban J connectivity index is 2.18. The Kier molecular flexibility index (Phi) is 4.38. The zero-order valence-electron chi connectivity index (χ0n) is 13.6. The quantitative estimate of drug-likeness (QED) is 0.874. The van der Waals surface area contributed by atoms with Crippen LogP contribution in [0.4, 0.5) is 0 Å². The first-order valence-corrected chi connectivity index (χ1v) is 8.16. The van der Waals surface area contributed by atoms with Gasteiger partial charge in [-0.3, -0.25) is 9.59 Å². The van der Waals surface area contributed by atoms with E-state index in [1.807, 2.05) is 54.6 Å². The van der Waals surface area contributed by atoms with Crippen LogP contribution in [-0.4, -0.2) is 23.7 Å². The standard InChI is InChI=1S/C20H20O4/c1-2-24-18(21)16-12-13-20(19(22)23,14-8-4-3-5-9-14)17-11-7-6-10-15(16)17/h3-11,16H,2,12-13H2,1H3,(H,22,23). The second-order valence-corrected chi connectivity index (χ2v) is 6.01. The van der Waals surface area contributed by atoms with E-state index < -0.39 is 17.3 Å². The molecule has 4 nitrogen and oxygen atoms in total. The minimum Gasteiger partial charge on any atom is -0.480 e. The molecule has 0 fully saturated rings. The summed E-state index contributed by atoms with van der Waals surface area (Å²) in [6.07, 6.45) is 0.823. The second kappa shape index (κ2) is 6.48. The maximum Gasteiger partial charge on any atom is 0.318 e. The van der Waals surface area contributed by atoms with Crippen molar-refractivity contribution in [3.8, 4) is 0 Å². The van der Waals surface area contributed by atoms with E-state index in [1.54, 1.807) is 6.92 Å². The zero-order chi connectivity index (χ0) is 17.2. The lowest BCUT2D eigenvalue weighted by Crippen LogP contribution is -2.42. The number of carbonyl (C=O) groups is 2. The van der Waals surface area contributed by atoms with E-state index in [1.165, 1.54) is 0 Å². The van der Waals surface area contributed by atoms with Gasteiger partial charge < -0.3 is 9.84 Å². The molecule has 0 saturated carbocycles. The maximum atomic E-state index is 12.3. The van der Waals surface area contributed by atoms with Gasteiger partial charge >= 0.3 is 11.9 Å². The van der Waals surface area contributed by atoms with Crippen molar-refractivity contribution in [2.75, 3.05) is 6.61 Å². The second-order valence-electron chi connectivity index (χ2n) is 6.01. The van der Waals surface area contributed by atoms with Gasteiger partial charge in [0, 0.05) is 0 Å². The Labute approximate surface area is 141 Å². The topological polar surface area (TPSA) is 63.6 Å². The molecule has 2 atom stereocenters. The number of rotatable bonds is 4. The van der Waals surface area contributed by atoms with Crippen LogP contribution in [0.1, 0.15) is 42.4 Å². The predicted molar refractivity (Wildman–Crippen MR) is 89.9 cm³/mol. The van der Waals surface area contributed by atoms with Gasteiger partial charge in [0.2, 0.25) is 0 Å². The summed E-state index contributed by atoms with van der Waals surface area (Å²) in [5, 5.41) is 10.1. The van der Waals surface area contributed by atoms with Crippen LogP contribution in [0.5, 0.6) is 0 Å². The summed E-state index contributed by atoms with van der Waals surface area (Å²) in [6, 6.07) is 16.6. The average molecular weight is 324 g/mol. The fraction of sp³-hybridized carbons (Fsp3) is 0.300. The number of hydrogen-bond acceptors (Lipinski definition) is 3. The molecule has 2 unspecified atom stereocenters.